The molecule has 4 heteroatoms. The van der Waals surface area contributed by atoms with E-state index in [4.69, 9.17) is 5.73 Å². The van der Waals surface area contributed by atoms with E-state index in [1.165, 1.54) is 6.26 Å². The molecular formula is C11H15NO2S. The van der Waals surface area contributed by atoms with Crippen LogP contribution in [0.25, 0.3) is 0 Å². The van der Waals surface area contributed by atoms with Crippen LogP contribution >= 0.6 is 0 Å². The van der Waals surface area contributed by atoms with Crippen LogP contribution in [0.15, 0.2) is 30.3 Å². The van der Waals surface area contributed by atoms with Gasteiger partial charge in [0, 0.05) is 12.2 Å². The van der Waals surface area contributed by atoms with Gasteiger partial charge in [-0.15, -0.1) is 0 Å². The van der Waals surface area contributed by atoms with Gasteiger partial charge >= 0.3 is 0 Å². The zero-order chi connectivity index (χ0) is 11.1. The lowest BCUT2D eigenvalue weighted by Crippen LogP contribution is -2.11. The molecule has 0 spiro atoms. The second-order valence-electron chi connectivity index (χ2n) is 4.13. The zero-order valence-corrected chi connectivity index (χ0v) is 9.44. The summed E-state index contributed by atoms with van der Waals surface area (Å²) in [5, 5.41) is -0.273. The van der Waals surface area contributed by atoms with Gasteiger partial charge in [-0.3, -0.25) is 0 Å². The van der Waals surface area contributed by atoms with Gasteiger partial charge in [0.25, 0.3) is 0 Å². The molecule has 3 atom stereocenters. The molecule has 1 aliphatic rings. The van der Waals surface area contributed by atoms with E-state index in [0.29, 0.717) is 6.54 Å². The van der Waals surface area contributed by atoms with Crippen molar-refractivity contribution in [3.63, 3.8) is 0 Å². The first-order valence-corrected chi connectivity index (χ1v) is 6.95. The average Bonchev–Trinajstić information content (AvgIpc) is 2.92. The van der Waals surface area contributed by atoms with E-state index in [0.717, 1.165) is 5.56 Å². The Bertz CT molecular complexity index is 441. The highest BCUT2D eigenvalue weighted by atomic mass is 32.2. The van der Waals surface area contributed by atoms with Crippen LogP contribution in [0.1, 0.15) is 11.5 Å². The molecule has 0 aliphatic heterocycles. The Hall–Kier alpha value is -0.870. The van der Waals surface area contributed by atoms with Crippen LogP contribution in [0, 0.1) is 5.92 Å². The summed E-state index contributed by atoms with van der Waals surface area (Å²) in [5.41, 5.74) is 6.67. The quantitative estimate of drug-likeness (QED) is 0.826. The fourth-order valence-corrected chi connectivity index (χ4v) is 4.04. The third kappa shape index (κ3) is 1.92. The van der Waals surface area contributed by atoms with Crippen LogP contribution in [0.2, 0.25) is 0 Å². The average molecular weight is 225 g/mol. The van der Waals surface area contributed by atoms with E-state index in [1.807, 2.05) is 30.3 Å². The summed E-state index contributed by atoms with van der Waals surface area (Å²) in [5.74, 6) is 0.202. The van der Waals surface area contributed by atoms with Gasteiger partial charge in [0.2, 0.25) is 0 Å². The molecule has 0 unspecified atom stereocenters. The van der Waals surface area contributed by atoms with E-state index in [1.54, 1.807) is 0 Å². The van der Waals surface area contributed by atoms with Gasteiger partial charge in [-0.05, 0) is 18.0 Å². The summed E-state index contributed by atoms with van der Waals surface area (Å²) in [4.78, 5) is 0. The molecular weight excluding hydrogens is 210 g/mol. The van der Waals surface area contributed by atoms with Gasteiger partial charge in [0.05, 0.1) is 5.25 Å². The van der Waals surface area contributed by atoms with Crippen molar-refractivity contribution in [1.82, 2.24) is 0 Å². The predicted molar refractivity (Wildman–Crippen MR) is 60.4 cm³/mol. The summed E-state index contributed by atoms with van der Waals surface area (Å²) < 4.78 is 23.0. The molecule has 0 heterocycles. The largest absolute Gasteiger partial charge is 0.330 e. The molecule has 1 aromatic carbocycles. The van der Waals surface area contributed by atoms with E-state index in [2.05, 4.69) is 0 Å². The van der Waals surface area contributed by atoms with Gasteiger partial charge in [-0.2, -0.15) is 0 Å². The Morgan fingerprint density at radius 1 is 1.27 bits per heavy atom. The monoisotopic (exact) mass is 225 g/mol. The van der Waals surface area contributed by atoms with E-state index >= 15 is 0 Å². The first-order valence-electron chi connectivity index (χ1n) is 4.99. The van der Waals surface area contributed by atoms with Crippen molar-refractivity contribution in [3.8, 4) is 0 Å². The first kappa shape index (κ1) is 10.6. The Morgan fingerprint density at radius 3 is 2.27 bits per heavy atom. The van der Waals surface area contributed by atoms with Crippen LogP contribution in [0.5, 0.6) is 0 Å². The van der Waals surface area contributed by atoms with Gasteiger partial charge in [-0.25, -0.2) is 8.42 Å². The highest BCUT2D eigenvalue weighted by Gasteiger charge is 2.55. The number of sulfone groups is 1. The van der Waals surface area contributed by atoms with Crippen LogP contribution in [-0.2, 0) is 9.84 Å². The third-order valence-electron chi connectivity index (χ3n) is 3.05. The maximum atomic E-state index is 11.5. The van der Waals surface area contributed by atoms with Crippen molar-refractivity contribution in [2.75, 3.05) is 12.8 Å². The molecule has 0 amide bonds. The normalized spacial score (nSPS) is 30.1. The topological polar surface area (TPSA) is 60.2 Å². The Labute approximate surface area is 90.2 Å². The molecule has 2 N–H and O–H groups in total. The van der Waals surface area contributed by atoms with Crippen LogP contribution in [0.4, 0.5) is 0 Å². The molecule has 0 saturated heterocycles. The van der Waals surface area contributed by atoms with Crippen molar-refractivity contribution in [3.05, 3.63) is 35.9 Å². The molecule has 1 saturated carbocycles. The minimum atomic E-state index is -2.97. The minimum Gasteiger partial charge on any atom is -0.330 e. The van der Waals surface area contributed by atoms with Crippen molar-refractivity contribution in [2.45, 2.75) is 11.2 Å². The second kappa shape index (κ2) is 3.61. The molecule has 15 heavy (non-hydrogen) atoms. The van der Waals surface area contributed by atoms with E-state index in [9.17, 15) is 8.42 Å². The van der Waals surface area contributed by atoms with Crippen LogP contribution in [0.3, 0.4) is 0 Å². The molecule has 1 aliphatic carbocycles. The summed E-state index contributed by atoms with van der Waals surface area (Å²) in [7, 11) is -2.97. The number of hydrogen-bond acceptors (Lipinski definition) is 3. The SMILES string of the molecule is CS(=O)(=O)[C@H]1[C@H](CN)[C@@H]1c1ccccc1. The van der Waals surface area contributed by atoms with Crippen LogP contribution in [-0.4, -0.2) is 26.5 Å². The first-order chi connectivity index (χ1) is 7.05. The molecule has 1 fully saturated rings. The van der Waals surface area contributed by atoms with Crippen LogP contribution < -0.4 is 5.73 Å². The Balaban J connectivity index is 2.27. The second-order valence-corrected chi connectivity index (χ2v) is 6.33. The maximum absolute atomic E-state index is 11.5. The highest BCUT2D eigenvalue weighted by Crippen LogP contribution is 2.51. The number of nitrogens with two attached hydrogens (primary N) is 1. The Morgan fingerprint density at radius 2 is 1.87 bits per heavy atom. The van der Waals surface area contributed by atoms with Crippen molar-refractivity contribution >= 4 is 9.84 Å². The number of rotatable bonds is 3. The predicted octanol–water partition coefficient (Wildman–Crippen LogP) is 0.772. The van der Waals surface area contributed by atoms with Gasteiger partial charge in [0.1, 0.15) is 0 Å². The molecule has 3 nitrogen and oxygen atoms in total. The number of hydrogen-bond donors (Lipinski definition) is 1. The van der Waals surface area contributed by atoms with E-state index in [-0.39, 0.29) is 17.1 Å². The van der Waals surface area contributed by atoms with Crippen molar-refractivity contribution < 1.29 is 8.42 Å². The summed E-state index contributed by atoms with van der Waals surface area (Å²) in [6.45, 7) is 0.442. The molecule has 0 radical (unpaired) electrons. The summed E-state index contributed by atoms with van der Waals surface area (Å²) in [6, 6.07) is 9.73. The lowest BCUT2D eigenvalue weighted by molar-refractivity contribution is 0.597. The highest BCUT2D eigenvalue weighted by molar-refractivity contribution is 7.91. The van der Waals surface area contributed by atoms with Crippen molar-refractivity contribution in [2.24, 2.45) is 11.7 Å². The lowest BCUT2D eigenvalue weighted by Gasteiger charge is -1.97. The molecule has 0 aromatic heterocycles. The molecule has 82 valence electrons. The Kier molecular flexibility index (Phi) is 2.56. The van der Waals surface area contributed by atoms with Gasteiger partial charge in [0.15, 0.2) is 9.84 Å². The standard InChI is InChI=1S/C11H15NO2S/c1-15(13,14)11-9(7-12)10(11)8-5-3-2-4-6-8/h2-6,9-11H,7,12H2,1H3/t9-,10+,11+/m1/s1. The summed E-state index contributed by atoms with van der Waals surface area (Å²) >= 11 is 0. The molecule has 2 rings (SSSR count). The smallest absolute Gasteiger partial charge is 0.151 e. The van der Waals surface area contributed by atoms with Gasteiger partial charge < -0.3 is 5.73 Å². The number of benzene rings is 1. The molecule has 1 aromatic rings. The zero-order valence-electron chi connectivity index (χ0n) is 8.63. The van der Waals surface area contributed by atoms with Crippen molar-refractivity contribution in [1.29, 1.82) is 0 Å². The minimum absolute atomic E-state index is 0.0994. The molecule has 0 bridgehead atoms. The van der Waals surface area contributed by atoms with Gasteiger partial charge in [-0.1, -0.05) is 30.3 Å². The lowest BCUT2D eigenvalue weighted by atomic mass is 10.1. The fraction of sp³-hybridized carbons (Fsp3) is 0.455. The third-order valence-corrected chi connectivity index (χ3v) is 4.68. The summed E-state index contributed by atoms with van der Waals surface area (Å²) in [6.07, 6.45) is 1.29. The van der Waals surface area contributed by atoms with E-state index < -0.39 is 9.84 Å². The fourth-order valence-electron chi connectivity index (χ4n) is 2.32. The maximum Gasteiger partial charge on any atom is 0.151 e.